The van der Waals surface area contributed by atoms with Crippen LogP contribution in [0.1, 0.15) is 485 Å². The molecule has 17 nitrogen and oxygen atoms in total. The number of ether oxygens (including phenoxy) is 4. The zero-order chi connectivity index (χ0) is 80.8. The number of aliphatic hydroxyl groups is 1. The zero-order valence-corrected chi connectivity index (χ0v) is 74.5. The van der Waals surface area contributed by atoms with E-state index < -0.39 is 97.5 Å². The first kappa shape index (κ1) is 108. The number of esters is 4. The third kappa shape index (κ3) is 82.6. The van der Waals surface area contributed by atoms with Gasteiger partial charge in [0.2, 0.25) is 0 Å². The smallest absolute Gasteiger partial charge is 0.462 e. The highest BCUT2D eigenvalue weighted by molar-refractivity contribution is 7.47. The Hall–Kier alpha value is -1.94. The van der Waals surface area contributed by atoms with Gasteiger partial charge in [0.05, 0.1) is 26.4 Å². The van der Waals surface area contributed by atoms with Crippen molar-refractivity contribution in [3.63, 3.8) is 0 Å². The van der Waals surface area contributed by atoms with Gasteiger partial charge in [-0.2, -0.15) is 0 Å². The van der Waals surface area contributed by atoms with Crippen molar-refractivity contribution < 1.29 is 80.2 Å². The molecule has 0 amide bonds. The molecule has 3 unspecified atom stereocenters. The summed E-state index contributed by atoms with van der Waals surface area (Å²) in [6, 6.07) is 0. The molecule has 3 N–H and O–H groups in total. The van der Waals surface area contributed by atoms with Crippen LogP contribution in [0.5, 0.6) is 0 Å². The van der Waals surface area contributed by atoms with E-state index >= 15 is 0 Å². The van der Waals surface area contributed by atoms with Crippen molar-refractivity contribution in [1.29, 1.82) is 0 Å². The molecule has 0 spiro atoms. The van der Waals surface area contributed by atoms with Gasteiger partial charge in [0, 0.05) is 25.7 Å². The molecule has 0 fully saturated rings. The van der Waals surface area contributed by atoms with Crippen LogP contribution < -0.4 is 0 Å². The van der Waals surface area contributed by atoms with Crippen LogP contribution in [-0.4, -0.2) is 96.7 Å². The predicted molar refractivity (Wildman–Crippen MR) is 455 cm³/mol. The van der Waals surface area contributed by atoms with E-state index in [0.717, 1.165) is 108 Å². The van der Waals surface area contributed by atoms with Gasteiger partial charge in [0.1, 0.15) is 19.3 Å². The fourth-order valence-electron chi connectivity index (χ4n) is 14.2. The Morgan fingerprint density at radius 1 is 0.264 bits per heavy atom. The standard InChI is InChI=1S/C91H178O17P2/c1-8-10-11-12-13-14-15-16-17-18-25-31-36-41-46-51-60-68-75-91(96)108-87(79-102-89(94)73-66-59-54-53-56-63-70-83(5)6)81-106-110(99,100)104-77-85(92)76-103-109(97,98)105-80-86(78-101-88(93)72-65-58-50-45-40-35-30-26-21-19-23-28-33-38-43-48-55-62-69-82(3)4)107-90(95)74-67-61-52-47-42-37-32-27-22-20-24-29-34-39-44-49-57-64-71-84(7)9-2/h82-87,92H,8-81H2,1-7H3,(H,97,98)(H,99,100)/t84?,85-,86-,87-/m1/s1. The normalized spacial score (nSPS) is 14.0. The molecule has 6 atom stereocenters. The summed E-state index contributed by atoms with van der Waals surface area (Å²) in [6.07, 6.45) is 73.9. The molecule has 0 aliphatic carbocycles. The van der Waals surface area contributed by atoms with Crippen molar-refractivity contribution in [2.45, 2.75) is 503 Å². The van der Waals surface area contributed by atoms with Gasteiger partial charge in [-0.1, -0.05) is 434 Å². The van der Waals surface area contributed by atoms with Gasteiger partial charge in [-0.05, 0) is 43.4 Å². The first-order valence-electron chi connectivity index (χ1n) is 46.9. The van der Waals surface area contributed by atoms with E-state index in [0.29, 0.717) is 31.6 Å². The van der Waals surface area contributed by atoms with Crippen molar-refractivity contribution in [2.75, 3.05) is 39.6 Å². The number of carbonyl (C=O) groups excluding carboxylic acids is 4. The maximum atomic E-state index is 13.2. The van der Waals surface area contributed by atoms with Crippen LogP contribution in [0.15, 0.2) is 0 Å². The highest BCUT2D eigenvalue weighted by Gasteiger charge is 2.31. The number of unbranched alkanes of at least 4 members (excludes halogenated alkanes) is 56. The van der Waals surface area contributed by atoms with Gasteiger partial charge in [-0.15, -0.1) is 0 Å². The summed E-state index contributed by atoms with van der Waals surface area (Å²) in [5.41, 5.74) is 0. The Bertz CT molecular complexity index is 2120. The van der Waals surface area contributed by atoms with E-state index in [2.05, 4.69) is 48.5 Å². The molecule has 0 aromatic rings. The fourth-order valence-corrected chi connectivity index (χ4v) is 15.8. The molecule has 0 aliphatic rings. The summed E-state index contributed by atoms with van der Waals surface area (Å²) >= 11 is 0. The minimum absolute atomic E-state index is 0.108. The van der Waals surface area contributed by atoms with Gasteiger partial charge >= 0.3 is 39.5 Å². The lowest BCUT2D eigenvalue weighted by molar-refractivity contribution is -0.161. The van der Waals surface area contributed by atoms with E-state index in [1.165, 1.54) is 289 Å². The topological polar surface area (TPSA) is 237 Å². The SMILES string of the molecule is CCCCCCCCCCCCCCCCCCCCC(=O)O[C@H](COC(=O)CCCCCCCCC(C)C)COP(=O)(O)OC[C@H](O)COP(=O)(O)OC[C@@H](COC(=O)CCCCCCCCCCCCCCCCCCCCC(C)C)OC(=O)CCCCCCCCCCCCCCCCCCCCC(C)CC. The lowest BCUT2D eigenvalue weighted by atomic mass is 9.99. The minimum atomic E-state index is -4.97. The van der Waals surface area contributed by atoms with E-state index in [1.54, 1.807) is 0 Å². The number of carbonyl (C=O) groups is 4. The molecular weight excluding hydrogens is 1430 g/mol. The van der Waals surface area contributed by atoms with Crippen LogP contribution in [0.4, 0.5) is 0 Å². The second-order valence-electron chi connectivity index (χ2n) is 33.9. The largest absolute Gasteiger partial charge is 0.472 e. The van der Waals surface area contributed by atoms with Gasteiger partial charge in [-0.3, -0.25) is 37.3 Å². The molecule has 0 saturated carbocycles. The maximum absolute atomic E-state index is 13.2. The molecule has 0 heterocycles. The molecule has 0 aromatic carbocycles. The van der Waals surface area contributed by atoms with E-state index in [4.69, 9.17) is 37.0 Å². The maximum Gasteiger partial charge on any atom is 0.472 e. The monoisotopic (exact) mass is 1610 g/mol. The Labute approximate surface area is 677 Å². The summed E-state index contributed by atoms with van der Waals surface area (Å²) in [7, 11) is -9.93. The average molecular weight is 1610 g/mol. The number of rotatable bonds is 89. The van der Waals surface area contributed by atoms with Crippen LogP contribution in [-0.2, 0) is 65.4 Å². The second kappa shape index (κ2) is 80.8. The van der Waals surface area contributed by atoms with Crippen LogP contribution in [0.2, 0.25) is 0 Å². The third-order valence-electron chi connectivity index (χ3n) is 21.7. The summed E-state index contributed by atoms with van der Waals surface area (Å²) < 4.78 is 69.0. The molecule has 0 saturated heterocycles. The number of phosphoric acid groups is 2. The van der Waals surface area contributed by atoms with Gasteiger partial charge in [0.25, 0.3) is 0 Å². The van der Waals surface area contributed by atoms with Crippen molar-refractivity contribution in [3.05, 3.63) is 0 Å². The quantitative estimate of drug-likeness (QED) is 0.0222. The molecule has 110 heavy (non-hydrogen) atoms. The van der Waals surface area contributed by atoms with Crippen molar-refractivity contribution >= 4 is 39.5 Å². The molecule has 0 aliphatic heterocycles. The van der Waals surface area contributed by atoms with Crippen LogP contribution in [0.25, 0.3) is 0 Å². The minimum Gasteiger partial charge on any atom is -0.462 e. The van der Waals surface area contributed by atoms with Crippen molar-refractivity contribution in [1.82, 2.24) is 0 Å². The number of hydrogen-bond acceptors (Lipinski definition) is 15. The molecule has 654 valence electrons. The van der Waals surface area contributed by atoms with Gasteiger partial charge < -0.3 is 33.8 Å². The first-order valence-corrected chi connectivity index (χ1v) is 49.9. The summed E-state index contributed by atoms with van der Waals surface area (Å²) in [4.78, 5) is 73.3. The number of phosphoric ester groups is 2. The Morgan fingerprint density at radius 2 is 0.464 bits per heavy atom. The summed E-state index contributed by atoms with van der Waals surface area (Å²) in [6.45, 7) is 12.0. The lowest BCUT2D eigenvalue weighted by Crippen LogP contribution is -2.30. The summed E-state index contributed by atoms with van der Waals surface area (Å²) in [5, 5.41) is 10.7. The Balaban J connectivity index is 5.20. The van der Waals surface area contributed by atoms with Crippen molar-refractivity contribution in [3.8, 4) is 0 Å². The summed E-state index contributed by atoms with van der Waals surface area (Å²) in [5.74, 6) is 0.272. The van der Waals surface area contributed by atoms with Crippen LogP contribution >= 0.6 is 15.6 Å². The van der Waals surface area contributed by atoms with Gasteiger partial charge in [-0.25, -0.2) is 9.13 Å². The lowest BCUT2D eigenvalue weighted by Gasteiger charge is -2.21. The van der Waals surface area contributed by atoms with E-state index in [1.807, 2.05) is 0 Å². The van der Waals surface area contributed by atoms with Crippen LogP contribution in [0, 0.1) is 17.8 Å². The molecular formula is C91H178O17P2. The number of hydrogen-bond donors (Lipinski definition) is 3. The fraction of sp³-hybridized carbons (Fsp3) is 0.956. The predicted octanol–water partition coefficient (Wildman–Crippen LogP) is 28.0. The van der Waals surface area contributed by atoms with Crippen molar-refractivity contribution in [2.24, 2.45) is 17.8 Å². The number of aliphatic hydroxyl groups excluding tert-OH is 1. The molecule has 0 aromatic heterocycles. The molecule has 0 bridgehead atoms. The van der Waals surface area contributed by atoms with Crippen LogP contribution in [0.3, 0.4) is 0 Å². The molecule has 19 heteroatoms. The highest BCUT2D eigenvalue weighted by atomic mass is 31.2. The Morgan fingerprint density at radius 3 is 0.691 bits per heavy atom. The first-order chi connectivity index (χ1) is 53.3. The Kier molecular flexibility index (Phi) is 79.4. The highest BCUT2D eigenvalue weighted by Crippen LogP contribution is 2.45. The van der Waals surface area contributed by atoms with E-state index in [9.17, 15) is 43.2 Å². The molecule has 0 radical (unpaired) electrons. The average Bonchev–Trinajstić information content (AvgIpc) is 0.898. The van der Waals surface area contributed by atoms with Gasteiger partial charge in [0.15, 0.2) is 12.2 Å². The third-order valence-corrected chi connectivity index (χ3v) is 23.6. The van der Waals surface area contributed by atoms with E-state index in [-0.39, 0.29) is 25.7 Å². The zero-order valence-electron chi connectivity index (χ0n) is 72.7. The second-order valence-corrected chi connectivity index (χ2v) is 36.8. The molecule has 0 rings (SSSR count).